The van der Waals surface area contributed by atoms with Crippen molar-refractivity contribution in [3.8, 4) is 0 Å². The lowest BCUT2D eigenvalue weighted by molar-refractivity contribution is -0.384. The van der Waals surface area contributed by atoms with Gasteiger partial charge in [-0.1, -0.05) is 6.07 Å². The second kappa shape index (κ2) is 5.01. The van der Waals surface area contributed by atoms with Gasteiger partial charge in [0, 0.05) is 19.0 Å². The summed E-state index contributed by atoms with van der Waals surface area (Å²) in [4.78, 5) is 32.7. The fraction of sp³-hybridized carbons (Fsp3) is 0.273. The summed E-state index contributed by atoms with van der Waals surface area (Å²) in [6.07, 6.45) is -0.00587. The van der Waals surface area contributed by atoms with Gasteiger partial charge < -0.3 is 10.6 Å². The number of para-hydroxylation sites is 1. The normalized spacial score (nSPS) is 17.9. The van der Waals surface area contributed by atoms with E-state index in [0.29, 0.717) is 0 Å². The van der Waals surface area contributed by atoms with Crippen LogP contribution in [0.3, 0.4) is 0 Å². The van der Waals surface area contributed by atoms with Gasteiger partial charge in [-0.3, -0.25) is 19.7 Å². The summed E-state index contributed by atoms with van der Waals surface area (Å²) < 4.78 is 13.5. The number of nitrogens with zero attached hydrogens (tertiary/aromatic N) is 1. The van der Waals surface area contributed by atoms with Gasteiger partial charge in [-0.15, -0.1) is 0 Å². The maximum Gasteiger partial charge on any atom is 0.295 e. The number of nitro groups is 1. The minimum absolute atomic E-state index is 0.00587. The minimum atomic E-state index is -0.889. The van der Waals surface area contributed by atoms with Gasteiger partial charge in [-0.25, -0.2) is 4.39 Å². The molecule has 2 N–H and O–H groups in total. The smallest absolute Gasteiger partial charge is 0.295 e. The van der Waals surface area contributed by atoms with Gasteiger partial charge in [0.2, 0.25) is 11.8 Å². The van der Waals surface area contributed by atoms with Gasteiger partial charge in [-0.2, -0.15) is 0 Å². The van der Waals surface area contributed by atoms with Crippen molar-refractivity contribution >= 4 is 23.2 Å². The fourth-order valence-corrected chi connectivity index (χ4v) is 1.80. The molecule has 2 rings (SSSR count). The number of amides is 2. The molecule has 0 aliphatic carbocycles. The average molecular weight is 267 g/mol. The quantitative estimate of drug-likeness (QED) is 0.625. The van der Waals surface area contributed by atoms with Crippen molar-refractivity contribution in [3.05, 3.63) is 34.1 Å². The summed E-state index contributed by atoms with van der Waals surface area (Å²) in [5.41, 5.74) is -0.998. The second-order valence-electron chi connectivity index (χ2n) is 4.09. The summed E-state index contributed by atoms with van der Waals surface area (Å²) in [7, 11) is 0. The number of anilines is 1. The number of hydrogen-bond acceptors (Lipinski definition) is 4. The van der Waals surface area contributed by atoms with E-state index in [9.17, 15) is 24.1 Å². The number of nitrogens with one attached hydrogen (secondary N) is 2. The van der Waals surface area contributed by atoms with E-state index in [4.69, 9.17) is 0 Å². The van der Waals surface area contributed by atoms with Crippen LogP contribution >= 0.6 is 0 Å². The van der Waals surface area contributed by atoms with Crippen LogP contribution in [0.2, 0.25) is 0 Å². The van der Waals surface area contributed by atoms with Gasteiger partial charge in [-0.05, 0) is 6.07 Å². The zero-order chi connectivity index (χ0) is 14.0. The molecule has 8 heteroatoms. The zero-order valence-electron chi connectivity index (χ0n) is 9.68. The van der Waals surface area contributed by atoms with Crippen molar-refractivity contribution in [2.24, 2.45) is 5.92 Å². The highest BCUT2D eigenvalue weighted by atomic mass is 19.1. The van der Waals surface area contributed by atoms with Crippen molar-refractivity contribution in [1.82, 2.24) is 5.32 Å². The second-order valence-corrected chi connectivity index (χ2v) is 4.09. The van der Waals surface area contributed by atoms with Gasteiger partial charge in [0.1, 0.15) is 0 Å². The lowest BCUT2D eigenvalue weighted by Crippen LogP contribution is -2.25. The molecular weight excluding hydrogens is 257 g/mol. The van der Waals surface area contributed by atoms with Gasteiger partial charge in [0.15, 0.2) is 11.5 Å². The van der Waals surface area contributed by atoms with Crippen LogP contribution in [0.5, 0.6) is 0 Å². The highest BCUT2D eigenvalue weighted by molar-refractivity contribution is 5.98. The van der Waals surface area contributed by atoms with Crippen LogP contribution in [-0.4, -0.2) is 23.3 Å². The molecule has 1 aromatic rings. The van der Waals surface area contributed by atoms with Crippen molar-refractivity contribution in [1.29, 1.82) is 0 Å². The van der Waals surface area contributed by atoms with E-state index >= 15 is 0 Å². The Balaban J connectivity index is 2.21. The first-order chi connectivity index (χ1) is 8.99. The van der Waals surface area contributed by atoms with Crippen molar-refractivity contribution in [3.63, 3.8) is 0 Å². The number of nitro benzene ring substituents is 1. The molecule has 19 heavy (non-hydrogen) atoms. The molecule has 1 aliphatic heterocycles. The highest BCUT2D eigenvalue weighted by Gasteiger charge is 2.30. The van der Waals surface area contributed by atoms with E-state index in [-0.39, 0.29) is 18.9 Å². The molecule has 1 saturated heterocycles. The minimum Gasteiger partial charge on any atom is -0.355 e. The molecule has 1 aliphatic rings. The van der Waals surface area contributed by atoms with Crippen LogP contribution in [0.15, 0.2) is 18.2 Å². The van der Waals surface area contributed by atoms with E-state index in [0.717, 1.165) is 12.1 Å². The van der Waals surface area contributed by atoms with E-state index in [1.807, 2.05) is 0 Å². The molecule has 1 fully saturated rings. The van der Waals surface area contributed by atoms with Crippen molar-refractivity contribution in [2.45, 2.75) is 6.42 Å². The van der Waals surface area contributed by atoms with E-state index in [1.165, 1.54) is 6.07 Å². The third-order valence-corrected chi connectivity index (χ3v) is 2.78. The third kappa shape index (κ3) is 2.67. The molecule has 0 radical (unpaired) electrons. The molecule has 0 spiro atoms. The molecule has 2 amide bonds. The predicted molar refractivity (Wildman–Crippen MR) is 62.8 cm³/mol. The average Bonchev–Trinajstić information content (AvgIpc) is 2.78. The molecular formula is C11H10FN3O4. The Hall–Kier alpha value is -2.51. The number of benzene rings is 1. The largest absolute Gasteiger partial charge is 0.355 e. The Bertz CT molecular complexity index is 561. The highest BCUT2D eigenvalue weighted by Crippen LogP contribution is 2.27. The molecule has 100 valence electrons. The van der Waals surface area contributed by atoms with Crippen LogP contribution in [0.25, 0.3) is 0 Å². The molecule has 0 bridgehead atoms. The first kappa shape index (κ1) is 12.9. The number of carbonyl (C=O) groups is 2. The van der Waals surface area contributed by atoms with E-state index < -0.39 is 33.9 Å². The Morgan fingerprint density at radius 1 is 1.53 bits per heavy atom. The maximum absolute atomic E-state index is 13.5. The predicted octanol–water partition coefficient (Wildman–Crippen LogP) is 0.808. The van der Waals surface area contributed by atoms with Crippen molar-refractivity contribution in [2.75, 3.05) is 11.9 Å². The van der Waals surface area contributed by atoms with Crippen LogP contribution in [0, 0.1) is 21.8 Å². The summed E-state index contributed by atoms with van der Waals surface area (Å²) in [5, 5.41) is 15.4. The van der Waals surface area contributed by atoms with Gasteiger partial charge >= 0.3 is 0 Å². The summed E-state index contributed by atoms with van der Waals surface area (Å²) in [5.74, 6) is -2.43. The van der Waals surface area contributed by atoms with Crippen molar-refractivity contribution < 1.29 is 18.9 Å². The Labute approximate surface area is 106 Å². The van der Waals surface area contributed by atoms with Gasteiger partial charge in [0.25, 0.3) is 5.69 Å². The number of rotatable bonds is 3. The summed E-state index contributed by atoms with van der Waals surface area (Å²) in [6.45, 7) is 0.146. The SMILES string of the molecule is O=C1CC(C(=O)Nc2c(F)cccc2[N+](=O)[O-])CN1. The number of hydrogen-bond donors (Lipinski definition) is 2. The summed E-state index contributed by atoms with van der Waals surface area (Å²) >= 11 is 0. The van der Waals surface area contributed by atoms with Gasteiger partial charge in [0.05, 0.1) is 10.8 Å². The molecule has 1 unspecified atom stereocenters. The Kier molecular flexibility index (Phi) is 3.41. The molecule has 1 aromatic carbocycles. The molecule has 7 nitrogen and oxygen atoms in total. The fourth-order valence-electron chi connectivity index (χ4n) is 1.80. The molecule has 0 aromatic heterocycles. The topological polar surface area (TPSA) is 101 Å². The molecule has 1 heterocycles. The molecule has 0 saturated carbocycles. The first-order valence-electron chi connectivity index (χ1n) is 5.49. The maximum atomic E-state index is 13.5. The summed E-state index contributed by atoms with van der Waals surface area (Å²) in [6, 6.07) is 3.29. The number of carbonyl (C=O) groups excluding carboxylic acids is 2. The Morgan fingerprint density at radius 2 is 2.26 bits per heavy atom. The first-order valence-corrected chi connectivity index (χ1v) is 5.49. The Morgan fingerprint density at radius 3 is 2.84 bits per heavy atom. The monoisotopic (exact) mass is 267 g/mol. The standard InChI is InChI=1S/C11H10FN3O4/c12-7-2-1-3-8(15(18)19)10(7)14-11(17)6-4-9(16)13-5-6/h1-3,6H,4-5H2,(H,13,16)(H,14,17). The van der Waals surface area contributed by atoms with E-state index in [1.54, 1.807) is 0 Å². The van der Waals surface area contributed by atoms with Crippen LogP contribution in [0.1, 0.15) is 6.42 Å². The van der Waals surface area contributed by atoms with E-state index in [2.05, 4.69) is 10.6 Å². The van der Waals surface area contributed by atoms with Crippen LogP contribution < -0.4 is 10.6 Å². The van der Waals surface area contributed by atoms with Crippen LogP contribution in [-0.2, 0) is 9.59 Å². The lowest BCUT2D eigenvalue weighted by Gasteiger charge is -2.10. The third-order valence-electron chi connectivity index (χ3n) is 2.78. The lowest BCUT2D eigenvalue weighted by atomic mass is 10.1. The zero-order valence-corrected chi connectivity index (χ0v) is 9.68. The number of halogens is 1. The molecule has 1 atom stereocenters. The van der Waals surface area contributed by atoms with Crippen LogP contribution in [0.4, 0.5) is 15.8 Å².